The van der Waals surface area contributed by atoms with Crippen LogP contribution < -0.4 is 4.18 Å². The van der Waals surface area contributed by atoms with E-state index >= 15 is 0 Å². The molecule has 2 atom stereocenters. The molecular weight excluding hydrogens is 444 g/mol. The summed E-state index contributed by atoms with van der Waals surface area (Å²) >= 11 is 6.33. The van der Waals surface area contributed by atoms with Gasteiger partial charge in [0.15, 0.2) is 0 Å². The fourth-order valence-electron chi connectivity index (χ4n) is 3.55. The van der Waals surface area contributed by atoms with Crippen molar-refractivity contribution in [2.45, 2.75) is 18.1 Å². The Labute approximate surface area is 175 Å². The zero-order valence-electron chi connectivity index (χ0n) is 15.1. The number of ether oxygens (including phenoxy) is 1. The van der Waals surface area contributed by atoms with Crippen molar-refractivity contribution in [2.75, 3.05) is 6.61 Å². The Kier molecular flexibility index (Phi) is 5.22. The lowest BCUT2D eigenvalue weighted by Gasteiger charge is -2.50. The topological polar surface area (TPSA) is 104 Å². The molecule has 2 heterocycles. The number of nitrogens with zero attached hydrogens (tertiary/aromatic N) is 3. The van der Waals surface area contributed by atoms with Gasteiger partial charge in [0, 0.05) is 22.6 Å². The van der Waals surface area contributed by atoms with Crippen LogP contribution in [0.2, 0.25) is 5.02 Å². The summed E-state index contributed by atoms with van der Waals surface area (Å²) in [5.74, 6) is -2.10. The summed E-state index contributed by atoms with van der Waals surface area (Å²) in [5, 5.41) is 4.31. The first-order valence-corrected chi connectivity index (χ1v) is 10.3. The van der Waals surface area contributed by atoms with Crippen LogP contribution in [0.5, 0.6) is 6.01 Å². The fraction of sp³-hybridized carbons (Fsp3) is 0.222. The molecule has 4 rings (SSSR count). The molecule has 0 aliphatic carbocycles. The van der Waals surface area contributed by atoms with Crippen molar-refractivity contribution in [1.82, 2.24) is 14.8 Å². The molecule has 1 N–H and O–H groups in total. The van der Waals surface area contributed by atoms with E-state index in [9.17, 15) is 17.2 Å². The quantitative estimate of drug-likeness (QED) is 0.567. The SMILES string of the molecule is O=S(=O)(O)Oc1ncnn1CC1(c2ccc(F)cc2F)OCC1c1ccccc1Cl. The van der Waals surface area contributed by atoms with E-state index < -0.39 is 39.6 Å². The second-order valence-corrected chi connectivity index (χ2v) is 8.04. The molecule has 1 aliphatic rings. The van der Waals surface area contributed by atoms with Gasteiger partial charge >= 0.3 is 16.4 Å². The lowest BCUT2D eigenvalue weighted by atomic mass is 9.73. The molecule has 1 aliphatic heterocycles. The van der Waals surface area contributed by atoms with Gasteiger partial charge in [-0.2, -0.15) is 18.5 Å². The van der Waals surface area contributed by atoms with E-state index in [0.29, 0.717) is 10.6 Å². The van der Waals surface area contributed by atoms with Gasteiger partial charge in [-0.1, -0.05) is 35.9 Å². The highest BCUT2D eigenvalue weighted by atomic mass is 35.5. The smallest absolute Gasteiger partial charge is 0.367 e. The highest BCUT2D eigenvalue weighted by Crippen LogP contribution is 2.52. The number of halogens is 3. The van der Waals surface area contributed by atoms with Gasteiger partial charge in [0.1, 0.15) is 23.6 Å². The van der Waals surface area contributed by atoms with E-state index in [1.807, 2.05) is 0 Å². The van der Waals surface area contributed by atoms with E-state index in [1.54, 1.807) is 24.3 Å². The largest absolute Gasteiger partial charge is 0.449 e. The van der Waals surface area contributed by atoms with Crippen molar-refractivity contribution in [2.24, 2.45) is 0 Å². The average Bonchev–Trinajstić information content (AvgIpc) is 3.06. The van der Waals surface area contributed by atoms with Gasteiger partial charge in [0.2, 0.25) is 0 Å². The molecule has 1 aromatic heterocycles. The predicted molar refractivity (Wildman–Crippen MR) is 100 cm³/mol. The summed E-state index contributed by atoms with van der Waals surface area (Å²) in [6, 6.07) is 9.42. The molecule has 1 saturated heterocycles. The van der Waals surface area contributed by atoms with Crippen molar-refractivity contribution in [3.63, 3.8) is 0 Å². The molecular formula is C18H14ClF2N3O5S. The summed E-state index contributed by atoms with van der Waals surface area (Å²) < 4.78 is 70.7. The van der Waals surface area contributed by atoms with Crippen LogP contribution in [0, 0.1) is 11.6 Å². The molecule has 0 radical (unpaired) electrons. The summed E-state index contributed by atoms with van der Waals surface area (Å²) in [5.41, 5.74) is -0.742. The molecule has 3 aromatic rings. The minimum Gasteiger partial charge on any atom is -0.367 e. The number of hydrogen-bond donors (Lipinski definition) is 1. The fourth-order valence-corrected chi connectivity index (χ4v) is 4.13. The molecule has 8 nitrogen and oxygen atoms in total. The van der Waals surface area contributed by atoms with Gasteiger partial charge in [-0.25, -0.2) is 13.5 Å². The Hall–Kier alpha value is -2.60. The third-order valence-electron chi connectivity index (χ3n) is 4.88. The van der Waals surface area contributed by atoms with Crippen LogP contribution in [0.3, 0.4) is 0 Å². The second-order valence-electron chi connectivity index (χ2n) is 6.61. The van der Waals surface area contributed by atoms with Crippen LogP contribution in [0.4, 0.5) is 8.78 Å². The molecule has 0 spiro atoms. The molecule has 0 amide bonds. The normalized spacial score (nSPS) is 21.3. The van der Waals surface area contributed by atoms with Crippen molar-refractivity contribution < 1.29 is 30.7 Å². The Morgan fingerprint density at radius 1 is 1.30 bits per heavy atom. The predicted octanol–water partition coefficient (Wildman–Crippen LogP) is 3.10. The Morgan fingerprint density at radius 2 is 2.07 bits per heavy atom. The van der Waals surface area contributed by atoms with Crippen LogP contribution in [-0.2, 0) is 27.3 Å². The Bertz CT molecular complexity index is 1210. The lowest BCUT2D eigenvalue weighted by Crippen LogP contribution is -2.52. The highest BCUT2D eigenvalue weighted by molar-refractivity contribution is 7.81. The maximum atomic E-state index is 14.8. The minimum atomic E-state index is -4.87. The summed E-state index contributed by atoms with van der Waals surface area (Å²) in [6.45, 7) is -0.0833. The van der Waals surface area contributed by atoms with Crippen molar-refractivity contribution >= 4 is 22.0 Å². The molecule has 0 bridgehead atoms. The Morgan fingerprint density at radius 3 is 2.70 bits per heavy atom. The first-order valence-electron chi connectivity index (χ1n) is 8.58. The number of aromatic nitrogens is 3. The summed E-state index contributed by atoms with van der Waals surface area (Å²) in [4.78, 5) is 3.64. The third kappa shape index (κ3) is 3.76. The number of hydrogen-bond acceptors (Lipinski definition) is 6. The van der Waals surface area contributed by atoms with E-state index in [0.717, 1.165) is 23.1 Å². The molecule has 1 fully saturated rings. The van der Waals surface area contributed by atoms with E-state index in [4.69, 9.17) is 20.9 Å². The van der Waals surface area contributed by atoms with Crippen LogP contribution in [0.15, 0.2) is 48.8 Å². The standard InChI is InChI=1S/C18H14ClF2N3O5S/c19-15-4-2-1-3-12(15)14-8-28-18(14,13-6-5-11(20)7-16(13)21)9-24-17(22-10-23-24)29-30(25,26)27/h1-7,10,14H,8-9H2,(H,25,26,27). The zero-order valence-corrected chi connectivity index (χ0v) is 16.6. The summed E-state index contributed by atoms with van der Waals surface area (Å²) in [6.07, 6.45) is 0.998. The molecule has 2 aromatic carbocycles. The van der Waals surface area contributed by atoms with Crippen molar-refractivity contribution in [1.29, 1.82) is 0 Å². The van der Waals surface area contributed by atoms with E-state index in [-0.39, 0.29) is 18.7 Å². The Balaban J connectivity index is 1.82. The lowest BCUT2D eigenvalue weighted by molar-refractivity contribution is -0.190. The van der Waals surface area contributed by atoms with E-state index in [1.165, 1.54) is 6.07 Å². The van der Waals surface area contributed by atoms with Gasteiger partial charge < -0.3 is 8.92 Å². The minimum absolute atomic E-state index is 0.0216. The van der Waals surface area contributed by atoms with E-state index in [2.05, 4.69) is 14.3 Å². The molecule has 12 heteroatoms. The maximum absolute atomic E-state index is 14.8. The molecule has 158 valence electrons. The second kappa shape index (κ2) is 7.58. The zero-order chi connectivity index (χ0) is 21.5. The maximum Gasteiger partial charge on any atom is 0.449 e. The molecule has 0 saturated carbocycles. The summed E-state index contributed by atoms with van der Waals surface area (Å²) in [7, 11) is -4.87. The molecule has 30 heavy (non-hydrogen) atoms. The number of rotatable bonds is 6. The monoisotopic (exact) mass is 457 g/mol. The first-order chi connectivity index (χ1) is 14.2. The van der Waals surface area contributed by atoms with Crippen LogP contribution >= 0.6 is 11.6 Å². The van der Waals surface area contributed by atoms with Gasteiger partial charge in [-0.3, -0.25) is 4.55 Å². The highest BCUT2D eigenvalue weighted by Gasteiger charge is 2.53. The van der Waals surface area contributed by atoms with Crippen LogP contribution in [0.25, 0.3) is 0 Å². The van der Waals surface area contributed by atoms with Gasteiger partial charge in [-0.05, 0) is 17.7 Å². The van der Waals surface area contributed by atoms with Crippen molar-refractivity contribution in [3.8, 4) is 6.01 Å². The average molecular weight is 458 g/mol. The van der Waals surface area contributed by atoms with Gasteiger partial charge in [-0.15, -0.1) is 0 Å². The van der Waals surface area contributed by atoms with Gasteiger partial charge in [0.25, 0.3) is 0 Å². The molecule has 2 unspecified atom stereocenters. The van der Waals surface area contributed by atoms with Crippen LogP contribution in [-0.4, -0.2) is 34.3 Å². The first kappa shape index (κ1) is 20.7. The van der Waals surface area contributed by atoms with Crippen LogP contribution in [0.1, 0.15) is 17.0 Å². The van der Waals surface area contributed by atoms with Crippen molar-refractivity contribution in [3.05, 3.63) is 76.6 Å². The third-order valence-corrected chi connectivity index (χ3v) is 5.59. The van der Waals surface area contributed by atoms with Gasteiger partial charge in [0.05, 0.1) is 13.2 Å². The number of benzene rings is 2.